The summed E-state index contributed by atoms with van der Waals surface area (Å²) in [6.07, 6.45) is -20.3. The molecule has 2 N–H and O–H groups in total. The molecule has 0 radical (unpaired) electrons. The fourth-order valence-corrected chi connectivity index (χ4v) is 5.32. The summed E-state index contributed by atoms with van der Waals surface area (Å²) >= 11 is 0. The largest absolute Gasteiger partial charge is 0.417 e. The molecule has 2 amide bonds. The lowest BCUT2D eigenvalue weighted by molar-refractivity contribution is -0.163. The number of carbonyl (C=O) groups is 2. The summed E-state index contributed by atoms with van der Waals surface area (Å²) < 4.78 is 168. The molecule has 0 spiro atoms. The monoisotopic (exact) mass is 796 g/mol. The molecule has 55 heavy (non-hydrogen) atoms. The van der Waals surface area contributed by atoms with Crippen LogP contribution in [0.2, 0.25) is 0 Å². The molecule has 0 aliphatic carbocycles. The number of hydrogen-bond acceptors (Lipinski definition) is 4. The minimum Gasteiger partial charge on any atom is -0.374 e. The molecule has 0 saturated carbocycles. The molecule has 6 nitrogen and oxygen atoms in total. The number of ether oxygens (including phenoxy) is 2. The summed E-state index contributed by atoms with van der Waals surface area (Å²) in [5.41, 5.74) is -7.02. The van der Waals surface area contributed by atoms with E-state index in [0.717, 1.165) is 24.3 Å². The summed E-state index contributed by atoms with van der Waals surface area (Å²) in [7, 11) is 0. The first-order valence-electron chi connectivity index (χ1n) is 15.9. The first-order chi connectivity index (χ1) is 25.6. The maximum Gasteiger partial charge on any atom is 0.417 e. The molecule has 0 fully saturated rings. The Morgan fingerprint density at radius 3 is 1.29 bits per heavy atom. The van der Waals surface area contributed by atoms with Gasteiger partial charge in [-0.15, -0.1) is 0 Å². The molecular formula is C37H32F12N2O4. The molecule has 2 unspecified atom stereocenters. The van der Waals surface area contributed by atoms with Crippen LogP contribution in [0.4, 0.5) is 52.7 Å². The Hall–Kier alpha value is -5.10. The van der Waals surface area contributed by atoms with Gasteiger partial charge in [0.2, 0.25) is 12.3 Å². The minimum atomic E-state index is -5.19. The van der Waals surface area contributed by atoms with Gasteiger partial charge in [0, 0.05) is 6.92 Å². The van der Waals surface area contributed by atoms with Crippen molar-refractivity contribution in [1.29, 1.82) is 0 Å². The van der Waals surface area contributed by atoms with E-state index >= 15 is 0 Å². The van der Waals surface area contributed by atoms with E-state index in [1.54, 1.807) is 60.7 Å². The van der Waals surface area contributed by atoms with Gasteiger partial charge in [-0.2, -0.15) is 52.7 Å². The highest BCUT2D eigenvalue weighted by Gasteiger charge is 2.45. The van der Waals surface area contributed by atoms with Crippen LogP contribution in [0.5, 0.6) is 0 Å². The zero-order valence-corrected chi connectivity index (χ0v) is 28.5. The van der Waals surface area contributed by atoms with Crippen LogP contribution in [0.25, 0.3) is 0 Å². The second-order valence-corrected chi connectivity index (χ2v) is 11.6. The predicted octanol–water partition coefficient (Wildman–Crippen LogP) is 9.85. The molecule has 0 heterocycles. The first kappa shape index (κ1) is 44.3. The highest BCUT2D eigenvalue weighted by atomic mass is 19.4. The van der Waals surface area contributed by atoms with E-state index in [-0.39, 0.29) is 19.1 Å². The Bertz CT molecular complexity index is 1830. The quantitative estimate of drug-likeness (QED) is 0.104. The maximum atomic E-state index is 13.2. The van der Waals surface area contributed by atoms with Gasteiger partial charge in [0.15, 0.2) is 0 Å². The van der Waals surface area contributed by atoms with Crippen molar-refractivity contribution in [2.45, 2.75) is 56.9 Å². The zero-order valence-electron chi connectivity index (χ0n) is 28.5. The summed E-state index contributed by atoms with van der Waals surface area (Å²) in [4.78, 5) is 22.1. The summed E-state index contributed by atoms with van der Waals surface area (Å²) in [6, 6.07) is 20.2. The summed E-state index contributed by atoms with van der Waals surface area (Å²) in [5.74, 6) is -0.382. The van der Waals surface area contributed by atoms with Gasteiger partial charge < -0.3 is 20.1 Å². The molecule has 4 aromatic rings. The number of rotatable bonds is 13. The van der Waals surface area contributed by atoms with Crippen molar-refractivity contribution in [1.82, 2.24) is 10.6 Å². The van der Waals surface area contributed by atoms with E-state index in [9.17, 15) is 62.3 Å². The van der Waals surface area contributed by atoms with Gasteiger partial charge in [0.1, 0.15) is 0 Å². The average molecular weight is 797 g/mol. The van der Waals surface area contributed by atoms with Crippen LogP contribution in [0.15, 0.2) is 97.1 Å². The third-order valence-electron chi connectivity index (χ3n) is 7.61. The van der Waals surface area contributed by atoms with Gasteiger partial charge in [-0.25, -0.2) is 0 Å². The van der Waals surface area contributed by atoms with Crippen LogP contribution in [0.3, 0.4) is 0 Å². The molecule has 0 aromatic heterocycles. The number of halogens is 12. The van der Waals surface area contributed by atoms with E-state index in [0.29, 0.717) is 29.7 Å². The number of benzene rings is 4. The summed E-state index contributed by atoms with van der Waals surface area (Å²) in [5, 5.41) is 5.05. The van der Waals surface area contributed by atoms with Crippen molar-refractivity contribution in [3.05, 3.63) is 142 Å². The van der Waals surface area contributed by atoms with E-state index in [4.69, 9.17) is 9.47 Å². The van der Waals surface area contributed by atoms with Gasteiger partial charge in [-0.05, 0) is 34.4 Å². The third kappa shape index (κ3) is 13.3. The van der Waals surface area contributed by atoms with E-state index in [1.165, 1.54) is 6.92 Å². The molecule has 0 bridgehead atoms. The Labute approximate surface area is 306 Å². The van der Waals surface area contributed by atoms with Gasteiger partial charge in [-0.3, -0.25) is 9.59 Å². The molecule has 0 aliphatic rings. The molecule has 4 aromatic carbocycles. The molecular weight excluding hydrogens is 764 g/mol. The normalized spacial score (nSPS) is 13.3. The van der Waals surface area contributed by atoms with Crippen molar-refractivity contribution in [3.8, 4) is 0 Å². The third-order valence-corrected chi connectivity index (χ3v) is 7.61. The van der Waals surface area contributed by atoms with Crippen LogP contribution >= 0.6 is 0 Å². The Morgan fingerprint density at radius 1 is 0.564 bits per heavy atom. The van der Waals surface area contributed by atoms with Gasteiger partial charge in [0.25, 0.3) is 0 Å². The van der Waals surface area contributed by atoms with E-state index in [2.05, 4.69) is 10.6 Å². The van der Waals surface area contributed by atoms with E-state index in [1.807, 2.05) is 0 Å². The first-order valence-corrected chi connectivity index (χ1v) is 15.9. The SMILES string of the molecule is CC(=O)NC(COCc1cccc(C(F)(F)F)c1C(F)(F)F)c1ccccc1.O=CNC(COCc1cccc(C(F)(F)F)c1C(F)(F)F)c1ccccc1. The Kier molecular flexibility index (Phi) is 15.3. The Balaban J connectivity index is 0.000000296. The Morgan fingerprint density at radius 2 is 0.945 bits per heavy atom. The molecule has 18 heteroatoms. The lowest BCUT2D eigenvalue weighted by atomic mass is 10.0. The molecule has 298 valence electrons. The number of hydrogen-bond donors (Lipinski definition) is 2. The molecule has 0 aliphatic heterocycles. The maximum absolute atomic E-state index is 13.2. The van der Waals surface area contributed by atoms with Gasteiger partial charge in [0.05, 0.1) is 60.8 Å². The fraction of sp³-hybridized carbons (Fsp3) is 0.297. The van der Waals surface area contributed by atoms with Crippen molar-refractivity contribution >= 4 is 12.3 Å². The highest BCUT2D eigenvalue weighted by molar-refractivity contribution is 5.73. The van der Waals surface area contributed by atoms with Crippen LogP contribution in [-0.4, -0.2) is 25.5 Å². The van der Waals surface area contributed by atoms with Crippen LogP contribution in [-0.2, 0) is 57.0 Å². The van der Waals surface area contributed by atoms with Crippen molar-refractivity contribution in [2.75, 3.05) is 13.2 Å². The lowest BCUT2D eigenvalue weighted by Crippen LogP contribution is -2.29. The number of alkyl halides is 12. The van der Waals surface area contributed by atoms with Crippen molar-refractivity contribution in [3.63, 3.8) is 0 Å². The second-order valence-electron chi connectivity index (χ2n) is 11.6. The topological polar surface area (TPSA) is 76.7 Å². The van der Waals surface area contributed by atoms with Crippen LogP contribution in [0, 0.1) is 0 Å². The highest BCUT2D eigenvalue weighted by Crippen LogP contribution is 2.43. The second kappa shape index (κ2) is 19.0. The molecule has 4 rings (SSSR count). The van der Waals surface area contributed by atoms with Crippen molar-refractivity contribution < 1.29 is 71.7 Å². The zero-order chi connectivity index (χ0) is 41.0. The van der Waals surface area contributed by atoms with Crippen LogP contribution < -0.4 is 10.6 Å². The predicted molar refractivity (Wildman–Crippen MR) is 174 cm³/mol. The van der Waals surface area contributed by atoms with Gasteiger partial charge in [-0.1, -0.05) is 84.9 Å². The van der Waals surface area contributed by atoms with Crippen LogP contribution in [0.1, 0.15) is 63.5 Å². The smallest absolute Gasteiger partial charge is 0.374 e. The average Bonchev–Trinajstić information content (AvgIpc) is 3.10. The number of carbonyl (C=O) groups excluding carboxylic acids is 2. The number of amides is 2. The minimum absolute atomic E-state index is 0.211. The number of nitrogens with one attached hydrogen (secondary N) is 2. The van der Waals surface area contributed by atoms with E-state index < -0.39 is 83.4 Å². The molecule has 2 atom stereocenters. The van der Waals surface area contributed by atoms with Crippen molar-refractivity contribution in [2.24, 2.45) is 0 Å². The standard InChI is InChI=1S/C19H17F6NO2.C18H15F6NO2/c1-12(27)26-16(13-6-3-2-4-7-13)11-28-10-14-8-5-9-15(18(20,21)22)17(14)19(23,24)25;19-17(20,21)14-8-4-7-13(16(14)18(22,23)24)9-27-10-15(25-11-26)12-5-2-1-3-6-12/h2-9,16H,10-11H2,1H3,(H,26,27);1-8,11,15H,9-10H2,(H,25,26). The summed E-state index contributed by atoms with van der Waals surface area (Å²) in [6.45, 7) is -0.539. The lowest BCUT2D eigenvalue weighted by Gasteiger charge is -2.21. The van der Waals surface area contributed by atoms with Gasteiger partial charge >= 0.3 is 24.7 Å². The fourth-order valence-electron chi connectivity index (χ4n) is 5.32. The molecule has 0 saturated heterocycles.